The predicted octanol–water partition coefficient (Wildman–Crippen LogP) is 4.34. The van der Waals surface area contributed by atoms with Crippen molar-refractivity contribution in [3.8, 4) is 11.5 Å². The van der Waals surface area contributed by atoms with Crippen molar-refractivity contribution >= 4 is 34.1 Å². The van der Waals surface area contributed by atoms with E-state index in [1.807, 2.05) is 45.9 Å². The smallest absolute Gasteiger partial charge is 0.296 e. The van der Waals surface area contributed by atoms with Crippen LogP contribution in [-0.4, -0.2) is 69.1 Å². The Bertz CT molecular complexity index is 1450. The third-order valence-corrected chi connectivity index (χ3v) is 7.36. The molecular formula is C32H39N3O6. The van der Waals surface area contributed by atoms with Crippen LogP contribution in [0.25, 0.3) is 10.8 Å². The molecule has 3 N–H and O–H groups in total. The molecule has 9 heteroatoms. The van der Waals surface area contributed by atoms with Gasteiger partial charge in [0, 0.05) is 30.6 Å². The number of anilines is 1. The van der Waals surface area contributed by atoms with Crippen LogP contribution in [0.1, 0.15) is 59.5 Å². The van der Waals surface area contributed by atoms with E-state index in [0.29, 0.717) is 24.2 Å². The second-order valence-corrected chi connectivity index (χ2v) is 11.1. The molecule has 0 unspecified atom stereocenters. The van der Waals surface area contributed by atoms with E-state index in [1.165, 1.54) is 7.11 Å². The Morgan fingerprint density at radius 3 is 2.32 bits per heavy atom. The Labute approximate surface area is 240 Å². The van der Waals surface area contributed by atoms with E-state index in [-0.39, 0.29) is 28.0 Å². The standard InChI is InChI=1S/C32H39N3O6/c1-6-20-25(32(2,3)4)19-24(30(33)37)29(39-5)27(20)34-31(38)28(36)23-11-12-26(22-10-8-7-9-21(22)23)41-18-15-35-13-16-40-17-14-35/h7-12,19H,6,13-18H2,1-5H3,(H2,33,37)(H,34,38). The molecule has 41 heavy (non-hydrogen) atoms. The number of methoxy groups -OCH3 is 1. The van der Waals surface area contributed by atoms with Gasteiger partial charge in [-0.05, 0) is 46.5 Å². The van der Waals surface area contributed by atoms with Crippen molar-refractivity contribution in [2.75, 3.05) is 51.9 Å². The van der Waals surface area contributed by atoms with Crippen molar-refractivity contribution in [2.45, 2.75) is 39.5 Å². The lowest BCUT2D eigenvalue weighted by Crippen LogP contribution is -2.38. The third-order valence-electron chi connectivity index (χ3n) is 7.36. The Hall–Kier alpha value is -3.95. The maximum Gasteiger partial charge on any atom is 0.296 e. The number of hydrogen-bond donors (Lipinski definition) is 2. The fraction of sp³-hybridized carbons (Fsp3) is 0.406. The van der Waals surface area contributed by atoms with Gasteiger partial charge in [0.05, 0.1) is 31.6 Å². The van der Waals surface area contributed by atoms with Crippen LogP contribution < -0.4 is 20.5 Å². The Kier molecular flexibility index (Phi) is 9.30. The van der Waals surface area contributed by atoms with Gasteiger partial charge in [-0.3, -0.25) is 19.3 Å². The monoisotopic (exact) mass is 561 g/mol. The van der Waals surface area contributed by atoms with E-state index in [1.54, 1.807) is 24.3 Å². The minimum Gasteiger partial charge on any atom is -0.494 e. The molecule has 2 amide bonds. The predicted molar refractivity (Wildman–Crippen MR) is 159 cm³/mol. The largest absolute Gasteiger partial charge is 0.494 e. The topological polar surface area (TPSA) is 120 Å². The fourth-order valence-corrected chi connectivity index (χ4v) is 5.26. The second-order valence-electron chi connectivity index (χ2n) is 11.1. The summed E-state index contributed by atoms with van der Waals surface area (Å²) in [6, 6.07) is 12.4. The molecular weight excluding hydrogens is 522 g/mol. The van der Waals surface area contributed by atoms with Gasteiger partial charge in [-0.15, -0.1) is 0 Å². The second kappa shape index (κ2) is 12.7. The number of ether oxygens (including phenoxy) is 3. The number of hydrogen-bond acceptors (Lipinski definition) is 7. The third kappa shape index (κ3) is 6.52. The van der Waals surface area contributed by atoms with Gasteiger partial charge in [0.1, 0.15) is 12.4 Å². The van der Waals surface area contributed by atoms with Gasteiger partial charge in [-0.25, -0.2) is 0 Å². The van der Waals surface area contributed by atoms with Crippen molar-refractivity contribution in [2.24, 2.45) is 5.73 Å². The summed E-state index contributed by atoms with van der Waals surface area (Å²) in [5.41, 5.74) is 7.59. The van der Waals surface area contributed by atoms with Crippen LogP contribution in [0, 0.1) is 0 Å². The van der Waals surface area contributed by atoms with Gasteiger partial charge < -0.3 is 25.3 Å². The van der Waals surface area contributed by atoms with Gasteiger partial charge in [-0.2, -0.15) is 0 Å². The number of nitrogens with one attached hydrogen (secondary N) is 1. The summed E-state index contributed by atoms with van der Waals surface area (Å²) >= 11 is 0. The molecule has 0 radical (unpaired) electrons. The van der Waals surface area contributed by atoms with Crippen LogP contribution in [0.3, 0.4) is 0 Å². The average molecular weight is 562 g/mol. The highest BCUT2D eigenvalue weighted by Gasteiger charge is 2.29. The summed E-state index contributed by atoms with van der Waals surface area (Å²) in [6.45, 7) is 12.4. The van der Waals surface area contributed by atoms with Crippen LogP contribution in [-0.2, 0) is 21.4 Å². The van der Waals surface area contributed by atoms with Crippen LogP contribution in [0.2, 0.25) is 0 Å². The van der Waals surface area contributed by atoms with Gasteiger partial charge in [0.15, 0.2) is 5.75 Å². The highest BCUT2D eigenvalue weighted by molar-refractivity contribution is 6.48. The summed E-state index contributed by atoms with van der Waals surface area (Å²) in [6.07, 6.45) is 0.533. The summed E-state index contributed by atoms with van der Waals surface area (Å²) in [4.78, 5) is 41.7. The minimum atomic E-state index is -0.842. The van der Waals surface area contributed by atoms with Crippen molar-refractivity contribution in [1.82, 2.24) is 4.90 Å². The number of benzene rings is 3. The Balaban J connectivity index is 1.65. The molecule has 0 saturated carbocycles. The molecule has 1 saturated heterocycles. The number of fused-ring (bicyclic) bond motifs is 1. The summed E-state index contributed by atoms with van der Waals surface area (Å²) in [5, 5.41) is 4.12. The Morgan fingerprint density at radius 1 is 1.02 bits per heavy atom. The molecule has 0 aromatic heterocycles. The van der Waals surface area contributed by atoms with Crippen molar-refractivity contribution < 1.29 is 28.6 Å². The number of primary amides is 1. The quantitative estimate of drug-likeness (QED) is 0.279. The zero-order chi connectivity index (χ0) is 29.7. The molecule has 3 aromatic rings. The van der Waals surface area contributed by atoms with E-state index in [4.69, 9.17) is 19.9 Å². The number of carbonyl (C=O) groups is 3. The molecule has 218 valence electrons. The zero-order valence-corrected chi connectivity index (χ0v) is 24.5. The van der Waals surface area contributed by atoms with Crippen LogP contribution in [0.4, 0.5) is 5.69 Å². The first-order chi connectivity index (χ1) is 19.6. The molecule has 1 heterocycles. The molecule has 0 atom stereocenters. The van der Waals surface area contributed by atoms with E-state index >= 15 is 0 Å². The van der Waals surface area contributed by atoms with E-state index in [0.717, 1.165) is 49.4 Å². The van der Waals surface area contributed by atoms with Gasteiger partial charge in [-0.1, -0.05) is 52.0 Å². The highest BCUT2D eigenvalue weighted by Crippen LogP contribution is 2.40. The van der Waals surface area contributed by atoms with E-state index < -0.39 is 17.6 Å². The lowest BCUT2D eigenvalue weighted by molar-refractivity contribution is -0.112. The number of nitrogens with zero attached hydrogens (tertiary/aromatic N) is 1. The zero-order valence-electron chi connectivity index (χ0n) is 24.5. The van der Waals surface area contributed by atoms with Gasteiger partial charge >= 0.3 is 0 Å². The number of amides is 2. The van der Waals surface area contributed by atoms with Crippen molar-refractivity contribution in [3.05, 3.63) is 64.7 Å². The average Bonchev–Trinajstić information content (AvgIpc) is 2.96. The molecule has 9 nitrogen and oxygen atoms in total. The van der Waals surface area contributed by atoms with E-state index in [2.05, 4.69) is 10.2 Å². The normalized spacial score (nSPS) is 14.1. The molecule has 0 bridgehead atoms. The molecule has 1 aliphatic rings. The summed E-state index contributed by atoms with van der Waals surface area (Å²) in [5.74, 6) is -1.47. The van der Waals surface area contributed by atoms with Gasteiger partial charge in [0.2, 0.25) is 0 Å². The maximum atomic E-state index is 13.6. The number of carbonyl (C=O) groups excluding carboxylic acids is 3. The van der Waals surface area contributed by atoms with Gasteiger partial charge in [0.25, 0.3) is 17.6 Å². The Morgan fingerprint density at radius 2 is 1.71 bits per heavy atom. The number of rotatable bonds is 10. The molecule has 0 spiro atoms. The molecule has 1 aliphatic heterocycles. The SMILES string of the molecule is CCc1c(C(C)(C)C)cc(C(N)=O)c(OC)c1NC(=O)C(=O)c1ccc(OCCN2CCOCC2)c2ccccc12. The maximum absolute atomic E-state index is 13.6. The molecule has 3 aromatic carbocycles. The summed E-state index contributed by atoms with van der Waals surface area (Å²) < 4.78 is 17.0. The molecule has 4 rings (SSSR count). The van der Waals surface area contributed by atoms with Crippen LogP contribution in [0.15, 0.2) is 42.5 Å². The van der Waals surface area contributed by atoms with Crippen molar-refractivity contribution in [3.63, 3.8) is 0 Å². The molecule has 1 fully saturated rings. The highest BCUT2D eigenvalue weighted by atomic mass is 16.5. The lowest BCUT2D eigenvalue weighted by atomic mass is 9.81. The minimum absolute atomic E-state index is 0.136. The first kappa shape index (κ1) is 30.0. The van der Waals surface area contributed by atoms with Crippen LogP contribution >= 0.6 is 0 Å². The number of ketones is 1. The van der Waals surface area contributed by atoms with Crippen molar-refractivity contribution in [1.29, 1.82) is 0 Å². The lowest BCUT2D eigenvalue weighted by Gasteiger charge is -2.27. The first-order valence-electron chi connectivity index (χ1n) is 13.9. The summed E-state index contributed by atoms with van der Waals surface area (Å²) in [7, 11) is 1.40. The number of morpholine rings is 1. The fourth-order valence-electron chi connectivity index (χ4n) is 5.26. The number of nitrogens with two attached hydrogens (primary N) is 1. The molecule has 0 aliphatic carbocycles. The van der Waals surface area contributed by atoms with Crippen LogP contribution in [0.5, 0.6) is 11.5 Å². The first-order valence-corrected chi connectivity index (χ1v) is 13.9. The van der Waals surface area contributed by atoms with E-state index in [9.17, 15) is 14.4 Å². The number of Topliss-reactive ketones (excluding diaryl/α,β-unsaturated/α-hetero) is 1.